The van der Waals surface area contributed by atoms with Crippen molar-refractivity contribution < 1.29 is 9.59 Å². The van der Waals surface area contributed by atoms with Crippen molar-refractivity contribution in [2.24, 2.45) is 5.92 Å². The number of nitrogens with zero attached hydrogens (tertiary/aromatic N) is 3. The van der Waals surface area contributed by atoms with Gasteiger partial charge in [-0.3, -0.25) is 9.59 Å². The van der Waals surface area contributed by atoms with E-state index in [-0.39, 0.29) is 18.2 Å². The van der Waals surface area contributed by atoms with Gasteiger partial charge in [-0.1, -0.05) is 41.9 Å². The van der Waals surface area contributed by atoms with Gasteiger partial charge in [0.1, 0.15) is 0 Å². The molecule has 8 heteroatoms. The molecule has 1 N–H and O–H groups in total. The predicted molar refractivity (Wildman–Crippen MR) is 106 cm³/mol. The smallest absolute Gasteiger partial charge is 0.231 e. The summed E-state index contributed by atoms with van der Waals surface area (Å²) in [6, 6.07) is 16.6. The highest BCUT2D eigenvalue weighted by Gasteiger charge is 2.35. The van der Waals surface area contributed by atoms with Crippen LogP contribution in [0, 0.1) is 5.92 Å². The van der Waals surface area contributed by atoms with E-state index >= 15 is 0 Å². The molecule has 1 unspecified atom stereocenters. The van der Waals surface area contributed by atoms with Gasteiger partial charge in [0.05, 0.1) is 5.92 Å². The highest BCUT2D eigenvalue weighted by Crippen LogP contribution is 2.28. The SMILES string of the molecule is O=C(Nc1nc(-c2ccccc2)ns1)C1CC(=O)N(c2ccc(Cl)cc2)C1. The number of carbonyl (C=O) groups is 2. The van der Waals surface area contributed by atoms with Crippen LogP contribution in [-0.2, 0) is 9.59 Å². The zero-order chi connectivity index (χ0) is 18.8. The number of nitrogens with one attached hydrogen (secondary N) is 1. The summed E-state index contributed by atoms with van der Waals surface area (Å²) in [5.41, 5.74) is 1.63. The molecule has 3 aromatic rings. The average molecular weight is 399 g/mol. The number of halogens is 1. The Bertz CT molecular complexity index is 975. The topological polar surface area (TPSA) is 75.2 Å². The van der Waals surface area contributed by atoms with Crippen molar-refractivity contribution in [1.82, 2.24) is 9.36 Å². The van der Waals surface area contributed by atoms with Gasteiger partial charge >= 0.3 is 0 Å². The first-order chi connectivity index (χ1) is 13.1. The van der Waals surface area contributed by atoms with Crippen LogP contribution >= 0.6 is 23.1 Å². The summed E-state index contributed by atoms with van der Waals surface area (Å²) < 4.78 is 4.28. The van der Waals surface area contributed by atoms with Gasteiger partial charge in [0.2, 0.25) is 16.9 Å². The van der Waals surface area contributed by atoms with Gasteiger partial charge in [0.25, 0.3) is 0 Å². The molecular weight excluding hydrogens is 384 g/mol. The van der Waals surface area contributed by atoms with E-state index in [4.69, 9.17) is 11.6 Å². The molecule has 0 aliphatic carbocycles. The highest BCUT2D eigenvalue weighted by atomic mass is 35.5. The van der Waals surface area contributed by atoms with Gasteiger partial charge in [0, 0.05) is 40.8 Å². The maximum absolute atomic E-state index is 12.6. The van der Waals surface area contributed by atoms with E-state index < -0.39 is 5.92 Å². The highest BCUT2D eigenvalue weighted by molar-refractivity contribution is 7.10. The van der Waals surface area contributed by atoms with E-state index in [1.54, 1.807) is 29.2 Å². The first-order valence-electron chi connectivity index (χ1n) is 8.36. The van der Waals surface area contributed by atoms with Crippen LogP contribution in [0.5, 0.6) is 0 Å². The number of hydrogen-bond donors (Lipinski definition) is 1. The van der Waals surface area contributed by atoms with E-state index in [0.29, 0.717) is 22.5 Å². The lowest BCUT2D eigenvalue weighted by Gasteiger charge is -2.16. The van der Waals surface area contributed by atoms with E-state index in [0.717, 1.165) is 22.8 Å². The molecule has 0 bridgehead atoms. The minimum Gasteiger partial charge on any atom is -0.312 e. The Balaban J connectivity index is 1.43. The third kappa shape index (κ3) is 3.84. The second kappa shape index (κ2) is 7.46. The van der Waals surface area contributed by atoms with Crippen LogP contribution in [0.15, 0.2) is 54.6 Å². The molecule has 0 radical (unpaired) electrons. The lowest BCUT2D eigenvalue weighted by atomic mass is 10.1. The van der Waals surface area contributed by atoms with E-state index in [1.807, 2.05) is 30.3 Å². The Morgan fingerprint density at radius 2 is 1.89 bits per heavy atom. The maximum Gasteiger partial charge on any atom is 0.231 e. The molecule has 4 rings (SSSR count). The quantitative estimate of drug-likeness (QED) is 0.724. The summed E-state index contributed by atoms with van der Waals surface area (Å²) in [7, 11) is 0. The van der Waals surface area contributed by atoms with Gasteiger partial charge in [-0.05, 0) is 24.3 Å². The van der Waals surface area contributed by atoms with Crippen LogP contribution in [0.4, 0.5) is 10.8 Å². The molecule has 1 aliphatic rings. The number of amides is 2. The van der Waals surface area contributed by atoms with Crippen LogP contribution in [0.1, 0.15) is 6.42 Å². The van der Waals surface area contributed by atoms with E-state index in [2.05, 4.69) is 14.7 Å². The fourth-order valence-electron chi connectivity index (χ4n) is 2.94. The summed E-state index contributed by atoms with van der Waals surface area (Å²) in [6.45, 7) is 0.330. The minimum absolute atomic E-state index is 0.0836. The Labute approximate surface area is 165 Å². The first kappa shape index (κ1) is 17.6. The fourth-order valence-corrected chi connectivity index (χ4v) is 3.66. The summed E-state index contributed by atoms with van der Waals surface area (Å²) in [5.74, 6) is -0.172. The Morgan fingerprint density at radius 1 is 1.15 bits per heavy atom. The van der Waals surface area contributed by atoms with Crippen molar-refractivity contribution in [2.45, 2.75) is 6.42 Å². The molecule has 2 heterocycles. The van der Waals surface area contributed by atoms with Crippen LogP contribution in [-0.4, -0.2) is 27.7 Å². The molecule has 27 heavy (non-hydrogen) atoms. The number of carbonyl (C=O) groups excluding carboxylic acids is 2. The zero-order valence-corrected chi connectivity index (χ0v) is 15.7. The van der Waals surface area contributed by atoms with Gasteiger partial charge < -0.3 is 10.2 Å². The van der Waals surface area contributed by atoms with Crippen molar-refractivity contribution in [1.29, 1.82) is 0 Å². The summed E-state index contributed by atoms with van der Waals surface area (Å²) in [6.07, 6.45) is 0.165. The van der Waals surface area contributed by atoms with Crippen molar-refractivity contribution in [2.75, 3.05) is 16.8 Å². The number of rotatable bonds is 4. The number of anilines is 2. The molecule has 1 aliphatic heterocycles. The normalized spacial score (nSPS) is 16.6. The number of hydrogen-bond acceptors (Lipinski definition) is 5. The van der Waals surface area contributed by atoms with E-state index in [9.17, 15) is 9.59 Å². The molecule has 1 saturated heterocycles. The zero-order valence-electron chi connectivity index (χ0n) is 14.1. The van der Waals surface area contributed by atoms with Crippen LogP contribution in [0.2, 0.25) is 5.02 Å². The standard InChI is InChI=1S/C19H15ClN4O2S/c20-14-6-8-15(9-7-14)24-11-13(10-16(24)25)18(26)22-19-21-17(23-27-19)12-4-2-1-3-5-12/h1-9,13H,10-11H2,(H,21,22,23,26). The third-order valence-corrected chi connectivity index (χ3v) is 5.20. The molecule has 1 aromatic heterocycles. The van der Waals surface area contributed by atoms with Crippen molar-refractivity contribution in [3.63, 3.8) is 0 Å². The average Bonchev–Trinajstić information content (AvgIpc) is 3.30. The molecule has 2 amide bonds. The van der Waals surface area contributed by atoms with Crippen LogP contribution in [0.25, 0.3) is 11.4 Å². The Hall–Kier alpha value is -2.77. The van der Waals surface area contributed by atoms with Crippen molar-refractivity contribution in [3.05, 3.63) is 59.6 Å². The maximum atomic E-state index is 12.6. The molecule has 0 saturated carbocycles. The summed E-state index contributed by atoms with van der Waals surface area (Å²) >= 11 is 7.02. The van der Waals surface area contributed by atoms with Crippen LogP contribution in [0.3, 0.4) is 0 Å². The summed E-state index contributed by atoms with van der Waals surface area (Å²) in [4.78, 5) is 30.8. The second-order valence-corrected chi connectivity index (χ2v) is 7.35. The molecular formula is C19H15ClN4O2S. The molecule has 2 aromatic carbocycles. The number of benzene rings is 2. The van der Waals surface area contributed by atoms with Gasteiger partial charge in [-0.15, -0.1) is 0 Å². The van der Waals surface area contributed by atoms with Gasteiger partial charge in [-0.2, -0.15) is 9.36 Å². The largest absolute Gasteiger partial charge is 0.312 e. The van der Waals surface area contributed by atoms with Gasteiger partial charge in [-0.25, -0.2) is 0 Å². The van der Waals surface area contributed by atoms with Crippen molar-refractivity contribution in [3.8, 4) is 11.4 Å². The lowest BCUT2D eigenvalue weighted by molar-refractivity contribution is -0.122. The minimum atomic E-state index is -0.433. The molecule has 6 nitrogen and oxygen atoms in total. The van der Waals surface area contributed by atoms with Crippen molar-refractivity contribution >= 4 is 45.8 Å². The Morgan fingerprint density at radius 3 is 2.63 bits per heavy atom. The Kier molecular flexibility index (Phi) is 4.87. The lowest BCUT2D eigenvalue weighted by Crippen LogP contribution is -2.28. The van der Waals surface area contributed by atoms with E-state index in [1.165, 1.54) is 0 Å². The molecule has 136 valence electrons. The second-order valence-electron chi connectivity index (χ2n) is 6.16. The number of aromatic nitrogens is 2. The first-order valence-corrected chi connectivity index (χ1v) is 9.51. The third-order valence-electron chi connectivity index (χ3n) is 4.32. The molecule has 1 atom stereocenters. The molecule has 1 fully saturated rings. The fraction of sp³-hybridized carbons (Fsp3) is 0.158. The predicted octanol–water partition coefficient (Wildman–Crippen LogP) is 3.85. The summed E-state index contributed by atoms with van der Waals surface area (Å²) in [5, 5.41) is 3.81. The molecule has 0 spiro atoms. The monoisotopic (exact) mass is 398 g/mol. The van der Waals surface area contributed by atoms with Crippen LogP contribution < -0.4 is 10.2 Å². The van der Waals surface area contributed by atoms with Gasteiger partial charge in [0.15, 0.2) is 5.82 Å².